The molecule has 6 heteroatoms. The van der Waals surface area contributed by atoms with Crippen LogP contribution in [0, 0.1) is 5.92 Å². The lowest BCUT2D eigenvalue weighted by Gasteiger charge is -2.09. The quantitative estimate of drug-likeness (QED) is 0.792. The van der Waals surface area contributed by atoms with Gasteiger partial charge in [0.1, 0.15) is 5.76 Å². The van der Waals surface area contributed by atoms with Gasteiger partial charge in [0.15, 0.2) is 5.76 Å². The number of nitrogens with one attached hydrogen (secondary N) is 1. The van der Waals surface area contributed by atoms with Gasteiger partial charge in [0.05, 0.1) is 11.7 Å². The van der Waals surface area contributed by atoms with Crippen LogP contribution in [0.4, 0.5) is 0 Å². The highest BCUT2D eigenvalue weighted by molar-refractivity contribution is 7.97. The fourth-order valence-corrected chi connectivity index (χ4v) is 1.87. The summed E-state index contributed by atoms with van der Waals surface area (Å²) in [6.07, 6.45) is 2.42. The van der Waals surface area contributed by atoms with Gasteiger partial charge in [-0.05, 0) is 24.8 Å². The molecule has 1 amide bonds. The molecule has 0 radical (unpaired) electrons. The number of rotatable bonds is 7. The molecule has 100 valence electrons. The van der Waals surface area contributed by atoms with Crippen LogP contribution >= 0.6 is 11.8 Å². The van der Waals surface area contributed by atoms with E-state index in [-0.39, 0.29) is 18.2 Å². The van der Waals surface area contributed by atoms with Gasteiger partial charge in [0, 0.05) is 6.54 Å². The topological polar surface area (TPSA) is 79.5 Å². The van der Waals surface area contributed by atoms with E-state index in [2.05, 4.69) is 5.32 Å². The van der Waals surface area contributed by atoms with Crippen molar-refractivity contribution in [3.8, 4) is 0 Å². The molecule has 0 aliphatic heterocycles. The third-order valence-corrected chi connectivity index (χ3v) is 3.10. The van der Waals surface area contributed by atoms with Crippen molar-refractivity contribution in [2.75, 3.05) is 12.8 Å². The normalized spacial score (nSPS) is 12.1. The second kappa shape index (κ2) is 7.10. The van der Waals surface area contributed by atoms with Gasteiger partial charge in [-0.3, -0.25) is 9.59 Å². The molecule has 0 aliphatic carbocycles. The fourth-order valence-electron chi connectivity index (χ4n) is 1.43. The first-order valence-electron chi connectivity index (χ1n) is 5.67. The summed E-state index contributed by atoms with van der Waals surface area (Å²) in [5, 5.41) is 11.4. The van der Waals surface area contributed by atoms with Gasteiger partial charge in [0.2, 0.25) is 0 Å². The smallest absolute Gasteiger partial charge is 0.308 e. The van der Waals surface area contributed by atoms with Gasteiger partial charge in [-0.15, -0.1) is 0 Å². The summed E-state index contributed by atoms with van der Waals surface area (Å²) in [6.45, 7) is 1.89. The Kier molecular flexibility index (Phi) is 5.77. The zero-order valence-corrected chi connectivity index (χ0v) is 11.3. The van der Waals surface area contributed by atoms with E-state index in [0.717, 1.165) is 5.76 Å². The average Bonchev–Trinajstić information content (AvgIpc) is 2.78. The summed E-state index contributed by atoms with van der Waals surface area (Å²) in [5.74, 6) is -0.172. The predicted octanol–water partition coefficient (Wildman–Crippen LogP) is 1.98. The minimum absolute atomic E-state index is 0.114. The number of carbonyl (C=O) groups is 2. The molecule has 5 nitrogen and oxygen atoms in total. The fraction of sp³-hybridized carbons (Fsp3) is 0.500. The first-order chi connectivity index (χ1) is 8.58. The molecule has 0 saturated heterocycles. The molecule has 18 heavy (non-hydrogen) atoms. The minimum Gasteiger partial charge on any atom is -0.481 e. The molecule has 1 heterocycles. The van der Waals surface area contributed by atoms with Crippen LogP contribution in [0.15, 0.2) is 16.5 Å². The maximum absolute atomic E-state index is 11.7. The second-order valence-corrected chi connectivity index (χ2v) is 4.72. The van der Waals surface area contributed by atoms with Crippen molar-refractivity contribution in [2.45, 2.75) is 19.1 Å². The number of furan rings is 1. The molecule has 0 fully saturated rings. The standard InChI is InChI=1S/C12H17NO4S/c1-3-8(12(15)16)6-13-11(14)10-5-4-9(17-10)7-18-2/h4-5,8H,3,6-7H2,1-2H3,(H,13,14)(H,15,16). The number of carboxylic acid groups (broad SMARTS) is 1. The van der Waals surface area contributed by atoms with Crippen LogP contribution in [0.25, 0.3) is 0 Å². The van der Waals surface area contributed by atoms with Crippen molar-refractivity contribution in [3.05, 3.63) is 23.7 Å². The Morgan fingerprint density at radius 3 is 2.78 bits per heavy atom. The first kappa shape index (κ1) is 14.6. The van der Waals surface area contributed by atoms with E-state index < -0.39 is 11.9 Å². The van der Waals surface area contributed by atoms with Crippen LogP contribution in [0.5, 0.6) is 0 Å². The SMILES string of the molecule is CCC(CNC(=O)c1ccc(CSC)o1)C(=O)O. The Morgan fingerprint density at radius 2 is 2.22 bits per heavy atom. The van der Waals surface area contributed by atoms with E-state index in [1.807, 2.05) is 6.26 Å². The molecule has 1 atom stereocenters. The van der Waals surface area contributed by atoms with E-state index in [1.165, 1.54) is 0 Å². The van der Waals surface area contributed by atoms with E-state index in [9.17, 15) is 9.59 Å². The summed E-state index contributed by atoms with van der Waals surface area (Å²) in [4.78, 5) is 22.5. The predicted molar refractivity (Wildman–Crippen MR) is 69.7 cm³/mol. The minimum atomic E-state index is -0.902. The Labute approximate surface area is 110 Å². The third-order valence-electron chi connectivity index (χ3n) is 2.52. The summed E-state index contributed by atoms with van der Waals surface area (Å²) >= 11 is 1.60. The zero-order chi connectivity index (χ0) is 13.5. The monoisotopic (exact) mass is 271 g/mol. The van der Waals surface area contributed by atoms with Crippen LogP contribution < -0.4 is 5.32 Å². The second-order valence-electron chi connectivity index (χ2n) is 3.85. The Bertz CT molecular complexity index is 416. The zero-order valence-electron chi connectivity index (χ0n) is 10.4. The van der Waals surface area contributed by atoms with Crippen molar-refractivity contribution in [1.29, 1.82) is 0 Å². The Hall–Kier alpha value is -1.43. The number of hydrogen-bond donors (Lipinski definition) is 2. The van der Waals surface area contributed by atoms with Gasteiger partial charge >= 0.3 is 5.97 Å². The highest BCUT2D eigenvalue weighted by Crippen LogP contribution is 2.13. The molecule has 1 unspecified atom stereocenters. The largest absolute Gasteiger partial charge is 0.481 e. The van der Waals surface area contributed by atoms with Gasteiger partial charge < -0.3 is 14.8 Å². The number of carbonyl (C=O) groups excluding carboxylic acids is 1. The molecule has 0 spiro atoms. The summed E-state index contributed by atoms with van der Waals surface area (Å²) in [7, 11) is 0. The highest BCUT2D eigenvalue weighted by atomic mass is 32.2. The van der Waals surface area contributed by atoms with E-state index in [4.69, 9.17) is 9.52 Å². The highest BCUT2D eigenvalue weighted by Gasteiger charge is 2.17. The number of aliphatic carboxylic acids is 1. The maximum atomic E-state index is 11.7. The first-order valence-corrected chi connectivity index (χ1v) is 7.06. The van der Waals surface area contributed by atoms with Crippen LogP contribution in [-0.4, -0.2) is 29.8 Å². The molecule has 1 rings (SSSR count). The number of hydrogen-bond acceptors (Lipinski definition) is 4. The number of amides is 1. The maximum Gasteiger partial charge on any atom is 0.308 e. The van der Waals surface area contributed by atoms with Crippen molar-refractivity contribution < 1.29 is 19.1 Å². The Morgan fingerprint density at radius 1 is 1.50 bits per heavy atom. The number of carboxylic acids is 1. The van der Waals surface area contributed by atoms with E-state index in [0.29, 0.717) is 12.2 Å². The summed E-state index contributed by atoms with van der Waals surface area (Å²) in [6, 6.07) is 3.35. The molecule has 1 aromatic rings. The van der Waals surface area contributed by atoms with Gasteiger partial charge in [0.25, 0.3) is 5.91 Å². The Balaban J connectivity index is 2.51. The molecule has 0 saturated carbocycles. The average molecular weight is 271 g/mol. The molecule has 0 aliphatic rings. The third kappa shape index (κ3) is 4.10. The van der Waals surface area contributed by atoms with E-state index >= 15 is 0 Å². The lowest BCUT2D eigenvalue weighted by Crippen LogP contribution is -2.32. The van der Waals surface area contributed by atoms with Crippen molar-refractivity contribution in [3.63, 3.8) is 0 Å². The van der Waals surface area contributed by atoms with Crippen molar-refractivity contribution in [1.82, 2.24) is 5.32 Å². The molecule has 0 aromatic carbocycles. The molecular weight excluding hydrogens is 254 g/mol. The molecule has 0 bridgehead atoms. The summed E-state index contributed by atoms with van der Waals surface area (Å²) in [5.41, 5.74) is 0. The molecule has 2 N–H and O–H groups in total. The van der Waals surface area contributed by atoms with Gasteiger partial charge in [-0.25, -0.2) is 0 Å². The summed E-state index contributed by atoms with van der Waals surface area (Å²) < 4.78 is 5.33. The van der Waals surface area contributed by atoms with Crippen LogP contribution in [0.2, 0.25) is 0 Å². The van der Waals surface area contributed by atoms with Crippen LogP contribution in [0.1, 0.15) is 29.7 Å². The van der Waals surface area contributed by atoms with Gasteiger partial charge in [-0.2, -0.15) is 11.8 Å². The van der Waals surface area contributed by atoms with E-state index in [1.54, 1.807) is 30.8 Å². The van der Waals surface area contributed by atoms with Crippen LogP contribution in [0.3, 0.4) is 0 Å². The lowest BCUT2D eigenvalue weighted by molar-refractivity contribution is -0.141. The van der Waals surface area contributed by atoms with Crippen molar-refractivity contribution in [2.24, 2.45) is 5.92 Å². The molecular formula is C12H17NO4S. The lowest BCUT2D eigenvalue weighted by atomic mass is 10.1. The van der Waals surface area contributed by atoms with Gasteiger partial charge in [-0.1, -0.05) is 6.92 Å². The number of thioether (sulfide) groups is 1. The molecule has 1 aromatic heterocycles. The van der Waals surface area contributed by atoms with Crippen LogP contribution in [-0.2, 0) is 10.5 Å². The van der Waals surface area contributed by atoms with Crippen molar-refractivity contribution >= 4 is 23.6 Å².